The monoisotopic (exact) mass is 214 g/mol. The molecule has 1 aromatic rings. The van der Waals surface area contributed by atoms with Crippen LogP contribution < -0.4 is 5.32 Å². The molecule has 0 amide bonds. The molecule has 2 aliphatic heterocycles. The van der Waals surface area contributed by atoms with E-state index in [0.717, 1.165) is 32.7 Å². The van der Waals surface area contributed by atoms with Gasteiger partial charge in [-0.25, -0.2) is 0 Å². The van der Waals surface area contributed by atoms with Gasteiger partial charge in [0.25, 0.3) is 0 Å². The van der Waals surface area contributed by atoms with E-state index in [1.54, 1.807) is 11.1 Å². The van der Waals surface area contributed by atoms with E-state index in [2.05, 4.69) is 41.4 Å². The Labute approximate surface area is 97.0 Å². The molecular formula is C14H18N2. The fraction of sp³-hybridized carbons (Fsp3) is 0.429. The predicted molar refractivity (Wildman–Crippen MR) is 66.1 cm³/mol. The molecule has 0 radical (unpaired) electrons. The smallest absolute Gasteiger partial charge is 0.0243 e. The van der Waals surface area contributed by atoms with E-state index >= 15 is 0 Å². The van der Waals surface area contributed by atoms with Gasteiger partial charge in [0, 0.05) is 32.7 Å². The zero-order valence-corrected chi connectivity index (χ0v) is 9.79. The van der Waals surface area contributed by atoms with Crippen LogP contribution >= 0.6 is 0 Å². The highest BCUT2D eigenvalue weighted by Gasteiger charge is 2.19. The van der Waals surface area contributed by atoms with Crippen LogP contribution in [0.1, 0.15) is 18.1 Å². The summed E-state index contributed by atoms with van der Waals surface area (Å²) in [6.07, 6.45) is 0. The van der Waals surface area contributed by atoms with E-state index in [-0.39, 0.29) is 0 Å². The maximum Gasteiger partial charge on any atom is 0.0243 e. The number of benzene rings is 1. The third kappa shape index (κ3) is 1.79. The van der Waals surface area contributed by atoms with Crippen LogP contribution in [0.2, 0.25) is 0 Å². The zero-order valence-electron chi connectivity index (χ0n) is 9.79. The lowest BCUT2D eigenvalue weighted by molar-refractivity contribution is 0.307. The van der Waals surface area contributed by atoms with Crippen molar-refractivity contribution >= 4 is 0 Å². The summed E-state index contributed by atoms with van der Waals surface area (Å²) in [5.74, 6) is 0. The lowest BCUT2D eigenvalue weighted by atomic mass is 10.0. The number of hydrogen-bond acceptors (Lipinski definition) is 2. The van der Waals surface area contributed by atoms with Crippen LogP contribution in [0.4, 0.5) is 0 Å². The molecule has 2 heterocycles. The van der Waals surface area contributed by atoms with E-state index in [9.17, 15) is 0 Å². The highest BCUT2D eigenvalue weighted by atomic mass is 15.1. The number of nitrogens with one attached hydrogen (secondary N) is 1. The second-order valence-corrected chi connectivity index (χ2v) is 4.90. The van der Waals surface area contributed by atoms with E-state index < -0.39 is 0 Å². The molecule has 3 rings (SSSR count). The van der Waals surface area contributed by atoms with Gasteiger partial charge in [0.1, 0.15) is 0 Å². The van der Waals surface area contributed by atoms with E-state index in [0.29, 0.717) is 0 Å². The van der Waals surface area contributed by atoms with E-state index in [1.165, 1.54) is 11.1 Å². The molecule has 0 aromatic heterocycles. The summed E-state index contributed by atoms with van der Waals surface area (Å²) in [4.78, 5) is 2.53. The van der Waals surface area contributed by atoms with Crippen LogP contribution in [0.25, 0.3) is 0 Å². The topological polar surface area (TPSA) is 15.3 Å². The average molecular weight is 214 g/mol. The lowest BCUT2D eigenvalue weighted by Crippen LogP contribution is -2.36. The highest BCUT2D eigenvalue weighted by molar-refractivity contribution is 5.31. The summed E-state index contributed by atoms with van der Waals surface area (Å²) < 4.78 is 0. The minimum absolute atomic E-state index is 1.10. The maximum absolute atomic E-state index is 3.31. The minimum Gasteiger partial charge on any atom is -0.309 e. The molecule has 0 bridgehead atoms. The molecule has 84 valence electrons. The summed E-state index contributed by atoms with van der Waals surface area (Å²) >= 11 is 0. The number of nitrogens with zero attached hydrogens (tertiary/aromatic N) is 1. The Morgan fingerprint density at radius 2 is 1.81 bits per heavy atom. The summed E-state index contributed by atoms with van der Waals surface area (Å²) in [6, 6.07) is 8.79. The van der Waals surface area contributed by atoms with Crippen LogP contribution in [0.5, 0.6) is 0 Å². The molecule has 2 aliphatic rings. The van der Waals surface area contributed by atoms with Crippen molar-refractivity contribution < 1.29 is 0 Å². The van der Waals surface area contributed by atoms with Crippen molar-refractivity contribution in [2.24, 2.45) is 0 Å². The van der Waals surface area contributed by atoms with E-state index in [1.807, 2.05) is 0 Å². The number of fused-ring (bicyclic) bond motifs is 1. The predicted octanol–water partition coefficient (Wildman–Crippen LogP) is 1.92. The van der Waals surface area contributed by atoms with Crippen molar-refractivity contribution in [3.8, 4) is 0 Å². The van der Waals surface area contributed by atoms with Gasteiger partial charge in [-0.15, -0.1) is 0 Å². The molecule has 2 nitrogen and oxygen atoms in total. The maximum atomic E-state index is 3.31. The quantitative estimate of drug-likeness (QED) is 0.757. The van der Waals surface area contributed by atoms with E-state index in [4.69, 9.17) is 0 Å². The number of rotatable bonds is 2. The van der Waals surface area contributed by atoms with Gasteiger partial charge in [0.05, 0.1) is 0 Å². The van der Waals surface area contributed by atoms with Gasteiger partial charge in [-0.2, -0.15) is 0 Å². The second-order valence-electron chi connectivity index (χ2n) is 4.90. The largest absolute Gasteiger partial charge is 0.309 e. The Balaban J connectivity index is 1.68. The first-order valence-electron chi connectivity index (χ1n) is 6.00. The molecule has 0 spiro atoms. The average Bonchev–Trinajstić information content (AvgIpc) is 2.56. The van der Waals surface area contributed by atoms with Crippen molar-refractivity contribution in [1.82, 2.24) is 10.2 Å². The van der Waals surface area contributed by atoms with Crippen molar-refractivity contribution in [2.45, 2.75) is 20.0 Å². The first-order chi connectivity index (χ1) is 7.83. The summed E-state index contributed by atoms with van der Waals surface area (Å²) in [5, 5.41) is 3.31. The molecule has 0 unspecified atom stereocenters. The van der Waals surface area contributed by atoms with Crippen LogP contribution in [0.15, 0.2) is 35.4 Å². The molecule has 1 aromatic carbocycles. The van der Waals surface area contributed by atoms with Crippen molar-refractivity contribution in [3.63, 3.8) is 0 Å². The molecule has 0 saturated carbocycles. The van der Waals surface area contributed by atoms with Gasteiger partial charge in [0.2, 0.25) is 0 Å². The highest BCUT2D eigenvalue weighted by Crippen LogP contribution is 2.23. The van der Waals surface area contributed by atoms with Crippen LogP contribution in [-0.2, 0) is 13.1 Å². The van der Waals surface area contributed by atoms with Gasteiger partial charge < -0.3 is 5.32 Å². The van der Waals surface area contributed by atoms with Crippen LogP contribution in [0.3, 0.4) is 0 Å². The molecular weight excluding hydrogens is 196 g/mol. The Morgan fingerprint density at radius 3 is 2.31 bits per heavy atom. The molecule has 0 atom stereocenters. The third-order valence-electron chi connectivity index (χ3n) is 3.65. The summed E-state index contributed by atoms with van der Waals surface area (Å²) in [7, 11) is 0. The zero-order chi connectivity index (χ0) is 11.0. The molecule has 16 heavy (non-hydrogen) atoms. The summed E-state index contributed by atoms with van der Waals surface area (Å²) in [6.45, 7) is 7.85. The first-order valence-corrected chi connectivity index (χ1v) is 6.00. The van der Waals surface area contributed by atoms with Gasteiger partial charge in [-0.3, -0.25) is 4.90 Å². The lowest BCUT2D eigenvalue weighted by Gasteiger charge is -2.24. The Hall–Kier alpha value is -1.12. The molecule has 1 N–H and O–H groups in total. The van der Waals surface area contributed by atoms with Gasteiger partial charge in [-0.05, 0) is 23.6 Å². The van der Waals surface area contributed by atoms with Crippen LogP contribution in [0, 0.1) is 0 Å². The summed E-state index contributed by atoms with van der Waals surface area (Å²) in [5.41, 5.74) is 6.18. The Morgan fingerprint density at radius 1 is 1.19 bits per heavy atom. The van der Waals surface area contributed by atoms with Crippen molar-refractivity contribution in [2.75, 3.05) is 19.6 Å². The van der Waals surface area contributed by atoms with Gasteiger partial charge >= 0.3 is 0 Å². The fourth-order valence-corrected chi connectivity index (χ4v) is 2.51. The van der Waals surface area contributed by atoms with Crippen LogP contribution in [-0.4, -0.2) is 24.5 Å². The Kier molecular flexibility index (Phi) is 2.54. The van der Waals surface area contributed by atoms with Crippen molar-refractivity contribution in [1.29, 1.82) is 0 Å². The van der Waals surface area contributed by atoms with Gasteiger partial charge in [-0.1, -0.05) is 29.8 Å². The standard InChI is InChI=1S/C14H18N2/c1-11(14-6-15-7-14)8-16-9-12-4-2-3-5-13(12)10-16/h2-5,15H,6-10H2,1H3. The fourth-order valence-electron chi connectivity index (χ4n) is 2.51. The molecule has 1 fully saturated rings. The van der Waals surface area contributed by atoms with Crippen molar-refractivity contribution in [3.05, 3.63) is 46.5 Å². The molecule has 2 heteroatoms. The second kappa shape index (κ2) is 4.04. The minimum atomic E-state index is 1.10. The normalized spacial score (nSPS) is 19.4. The SMILES string of the molecule is CC(CN1Cc2ccccc2C1)=C1CNC1. The molecule has 1 saturated heterocycles. The Bertz CT molecular complexity index is 403. The first kappa shape index (κ1) is 10.1. The molecule has 0 aliphatic carbocycles. The van der Waals surface area contributed by atoms with Gasteiger partial charge in [0.15, 0.2) is 0 Å². The number of hydrogen-bond donors (Lipinski definition) is 1. The third-order valence-corrected chi connectivity index (χ3v) is 3.65.